The van der Waals surface area contributed by atoms with E-state index in [4.69, 9.17) is 11.6 Å². The molecule has 1 fully saturated rings. The van der Waals surface area contributed by atoms with Gasteiger partial charge in [0.05, 0.1) is 11.8 Å². The van der Waals surface area contributed by atoms with Crippen LogP contribution in [-0.4, -0.2) is 43.8 Å². The molecule has 178 valence electrons. The van der Waals surface area contributed by atoms with E-state index in [9.17, 15) is 9.59 Å². The van der Waals surface area contributed by atoms with Crippen LogP contribution in [0.2, 0.25) is 5.02 Å². The zero-order valence-electron chi connectivity index (χ0n) is 19.5. The van der Waals surface area contributed by atoms with Gasteiger partial charge in [0.15, 0.2) is 11.0 Å². The molecule has 0 saturated carbocycles. The number of hydrogen-bond acceptors (Lipinski definition) is 5. The molecule has 1 saturated heterocycles. The van der Waals surface area contributed by atoms with Crippen LogP contribution in [0.1, 0.15) is 53.1 Å². The molecule has 0 bridgehead atoms. The number of thioether (sulfide) groups is 1. The molecule has 3 aromatic rings. The van der Waals surface area contributed by atoms with Gasteiger partial charge in [-0.25, -0.2) is 0 Å². The molecule has 4 rings (SSSR count). The van der Waals surface area contributed by atoms with Crippen molar-refractivity contribution in [1.82, 2.24) is 19.7 Å². The maximum absolute atomic E-state index is 13.2. The second kappa shape index (κ2) is 10.6. The first-order valence-corrected chi connectivity index (χ1v) is 12.7. The molecule has 0 spiro atoms. The highest BCUT2D eigenvalue weighted by Gasteiger charge is 2.34. The fourth-order valence-electron chi connectivity index (χ4n) is 4.26. The molecular formula is C25H28ClN5O2S. The third kappa shape index (κ3) is 5.28. The molecule has 0 radical (unpaired) electrons. The van der Waals surface area contributed by atoms with E-state index >= 15 is 0 Å². The normalized spacial score (nSPS) is 15.5. The maximum atomic E-state index is 13.2. The van der Waals surface area contributed by atoms with E-state index in [0.29, 0.717) is 28.8 Å². The summed E-state index contributed by atoms with van der Waals surface area (Å²) in [7, 11) is 0. The summed E-state index contributed by atoms with van der Waals surface area (Å²) in [6.45, 7) is 7.26. The Hall–Kier alpha value is -2.84. The highest BCUT2D eigenvalue weighted by Crippen LogP contribution is 2.34. The summed E-state index contributed by atoms with van der Waals surface area (Å²) in [5.74, 6) is 0.873. The van der Waals surface area contributed by atoms with Crippen LogP contribution in [0.3, 0.4) is 0 Å². The first kappa shape index (κ1) is 24.3. The fourth-order valence-corrected chi connectivity index (χ4v) is 5.29. The Morgan fingerprint density at radius 2 is 2.00 bits per heavy atom. The number of nitrogens with one attached hydrogen (secondary N) is 1. The number of aryl methyl sites for hydroxylation is 2. The van der Waals surface area contributed by atoms with E-state index < -0.39 is 0 Å². The molecule has 1 N–H and O–H groups in total. The second-order valence-corrected chi connectivity index (χ2v) is 9.79. The average molecular weight is 498 g/mol. The topological polar surface area (TPSA) is 80.1 Å². The van der Waals surface area contributed by atoms with Crippen molar-refractivity contribution in [3.63, 3.8) is 0 Å². The predicted octanol–water partition coefficient (Wildman–Crippen LogP) is 5.28. The van der Waals surface area contributed by atoms with E-state index in [1.165, 1.54) is 11.8 Å². The van der Waals surface area contributed by atoms with Crippen molar-refractivity contribution in [3.8, 4) is 0 Å². The third-order valence-corrected chi connectivity index (χ3v) is 7.14. The highest BCUT2D eigenvalue weighted by atomic mass is 35.5. The summed E-state index contributed by atoms with van der Waals surface area (Å²) in [4.78, 5) is 27.7. The van der Waals surface area contributed by atoms with Gasteiger partial charge < -0.3 is 14.8 Å². The van der Waals surface area contributed by atoms with Crippen molar-refractivity contribution < 1.29 is 9.59 Å². The number of carbonyl (C=O) groups excluding carboxylic acids is 2. The lowest BCUT2D eigenvalue weighted by atomic mass is 10.1. The SMILES string of the molecule is CCn1c(SCC(=O)Nc2ccc(Cl)cc2C)nnc1C1CCCN1C(=O)c1cccc(C)c1. The Kier molecular flexibility index (Phi) is 7.58. The van der Waals surface area contributed by atoms with Gasteiger partial charge in [-0.15, -0.1) is 10.2 Å². The minimum Gasteiger partial charge on any atom is -0.328 e. The monoisotopic (exact) mass is 497 g/mol. The van der Waals surface area contributed by atoms with Crippen molar-refractivity contribution in [2.24, 2.45) is 0 Å². The van der Waals surface area contributed by atoms with Gasteiger partial charge in [-0.1, -0.05) is 41.1 Å². The fraction of sp³-hybridized carbons (Fsp3) is 0.360. The molecule has 2 heterocycles. The summed E-state index contributed by atoms with van der Waals surface area (Å²) >= 11 is 7.34. The Labute approximate surface area is 208 Å². The van der Waals surface area contributed by atoms with Crippen LogP contribution in [0.4, 0.5) is 5.69 Å². The number of benzene rings is 2. The number of aromatic nitrogens is 3. The largest absolute Gasteiger partial charge is 0.328 e. The van der Waals surface area contributed by atoms with Gasteiger partial charge in [0.2, 0.25) is 5.91 Å². The quantitative estimate of drug-likeness (QED) is 0.449. The van der Waals surface area contributed by atoms with E-state index in [0.717, 1.165) is 35.5 Å². The summed E-state index contributed by atoms with van der Waals surface area (Å²) in [6.07, 6.45) is 1.76. The molecule has 1 unspecified atom stereocenters. The minimum absolute atomic E-state index is 0.0174. The number of carbonyl (C=O) groups is 2. The predicted molar refractivity (Wildman–Crippen MR) is 135 cm³/mol. The lowest BCUT2D eigenvalue weighted by Gasteiger charge is -2.24. The van der Waals surface area contributed by atoms with Gasteiger partial charge in [0.25, 0.3) is 5.91 Å². The van der Waals surface area contributed by atoms with Crippen LogP contribution in [0.25, 0.3) is 0 Å². The first-order chi connectivity index (χ1) is 16.4. The van der Waals surface area contributed by atoms with E-state index in [2.05, 4.69) is 15.5 Å². The van der Waals surface area contributed by atoms with Gasteiger partial charge >= 0.3 is 0 Å². The minimum atomic E-state index is -0.125. The van der Waals surface area contributed by atoms with Gasteiger partial charge in [0, 0.05) is 29.4 Å². The van der Waals surface area contributed by atoms with E-state index in [1.54, 1.807) is 12.1 Å². The summed E-state index contributed by atoms with van der Waals surface area (Å²) in [5, 5.41) is 13.0. The molecule has 7 nitrogen and oxygen atoms in total. The molecule has 34 heavy (non-hydrogen) atoms. The molecular weight excluding hydrogens is 470 g/mol. The average Bonchev–Trinajstić information content (AvgIpc) is 3.45. The molecule has 2 amide bonds. The molecule has 2 aromatic carbocycles. The van der Waals surface area contributed by atoms with Gasteiger partial charge in [-0.05, 0) is 69.5 Å². The van der Waals surface area contributed by atoms with E-state index in [1.807, 2.05) is 60.6 Å². The molecule has 1 aromatic heterocycles. The lowest BCUT2D eigenvalue weighted by Crippen LogP contribution is -2.32. The van der Waals surface area contributed by atoms with Crippen molar-refractivity contribution in [2.75, 3.05) is 17.6 Å². The maximum Gasteiger partial charge on any atom is 0.254 e. The molecule has 1 aliphatic rings. The summed E-state index contributed by atoms with van der Waals surface area (Å²) in [5.41, 5.74) is 3.40. The van der Waals surface area contributed by atoms with Crippen molar-refractivity contribution in [3.05, 3.63) is 70.0 Å². The standard InChI is InChI=1S/C25H28ClN5O2S/c1-4-30-23(21-9-6-12-31(21)24(33)18-8-5-7-16(2)13-18)28-29-25(30)34-15-22(32)27-20-11-10-19(26)14-17(20)3/h5,7-8,10-11,13-14,21H,4,6,9,12,15H2,1-3H3,(H,27,32). The molecule has 0 aliphatic carbocycles. The third-order valence-electron chi connectivity index (χ3n) is 5.93. The summed E-state index contributed by atoms with van der Waals surface area (Å²) in [6, 6.07) is 12.9. The molecule has 9 heteroatoms. The van der Waals surface area contributed by atoms with Crippen molar-refractivity contribution in [1.29, 1.82) is 0 Å². The van der Waals surface area contributed by atoms with Crippen LogP contribution < -0.4 is 5.32 Å². The lowest BCUT2D eigenvalue weighted by molar-refractivity contribution is -0.113. The zero-order chi connectivity index (χ0) is 24.2. The van der Waals surface area contributed by atoms with Gasteiger partial charge in [-0.3, -0.25) is 9.59 Å². The van der Waals surface area contributed by atoms with Gasteiger partial charge in [0.1, 0.15) is 0 Å². The van der Waals surface area contributed by atoms with Crippen LogP contribution in [0.5, 0.6) is 0 Å². The zero-order valence-corrected chi connectivity index (χ0v) is 21.1. The number of likely N-dealkylation sites (tertiary alicyclic amines) is 1. The van der Waals surface area contributed by atoms with Gasteiger partial charge in [-0.2, -0.15) is 0 Å². The number of hydrogen-bond donors (Lipinski definition) is 1. The molecule has 1 atom stereocenters. The molecule has 1 aliphatic heterocycles. The van der Waals surface area contributed by atoms with E-state index in [-0.39, 0.29) is 23.6 Å². The van der Waals surface area contributed by atoms with Crippen molar-refractivity contribution in [2.45, 2.75) is 51.4 Å². The second-order valence-electron chi connectivity index (χ2n) is 8.41. The number of amides is 2. The smallest absolute Gasteiger partial charge is 0.254 e. The Bertz CT molecular complexity index is 1210. The first-order valence-electron chi connectivity index (χ1n) is 11.4. The number of rotatable bonds is 7. The number of halogens is 1. The Balaban J connectivity index is 1.46. The van der Waals surface area contributed by atoms with Crippen LogP contribution in [0.15, 0.2) is 47.6 Å². The van der Waals surface area contributed by atoms with Crippen LogP contribution >= 0.6 is 23.4 Å². The van der Waals surface area contributed by atoms with Crippen LogP contribution in [-0.2, 0) is 11.3 Å². The number of nitrogens with zero attached hydrogens (tertiary/aromatic N) is 4. The number of anilines is 1. The summed E-state index contributed by atoms with van der Waals surface area (Å²) < 4.78 is 2.01. The Morgan fingerprint density at radius 3 is 2.74 bits per heavy atom. The Morgan fingerprint density at radius 1 is 1.18 bits per heavy atom. The highest BCUT2D eigenvalue weighted by molar-refractivity contribution is 7.99. The van der Waals surface area contributed by atoms with Crippen LogP contribution in [0, 0.1) is 13.8 Å². The van der Waals surface area contributed by atoms with Crippen molar-refractivity contribution >= 4 is 40.9 Å².